The van der Waals surface area contributed by atoms with Crippen LogP contribution in [0.1, 0.15) is 18.9 Å². The molecule has 1 fully saturated rings. The maximum Gasteiger partial charge on any atom is 0.0234 e. The van der Waals surface area contributed by atoms with E-state index < -0.39 is 0 Å². The highest BCUT2D eigenvalue weighted by atomic mass is 15.1. The van der Waals surface area contributed by atoms with Crippen LogP contribution in [0.3, 0.4) is 0 Å². The van der Waals surface area contributed by atoms with Crippen molar-refractivity contribution >= 4 is 0 Å². The normalized spacial score (nSPS) is 23.1. The third-order valence-corrected chi connectivity index (χ3v) is 4.57. The van der Waals surface area contributed by atoms with Gasteiger partial charge in [0.2, 0.25) is 0 Å². The standard InChI is InChI=1S/C19H24N2/c1-15-11-12-21(14-19(15)20)13-16-7-9-18(10-8-16)17-5-3-2-4-6-17/h2-10,15,19H,11-14,20H2,1H3. The average Bonchev–Trinajstić information content (AvgIpc) is 2.53. The molecule has 0 spiro atoms. The second-order valence-electron chi connectivity index (χ2n) is 6.23. The number of piperidine rings is 1. The van der Waals surface area contributed by atoms with Gasteiger partial charge in [-0.3, -0.25) is 4.90 Å². The fourth-order valence-corrected chi connectivity index (χ4v) is 3.00. The summed E-state index contributed by atoms with van der Waals surface area (Å²) in [4.78, 5) is 2.47. The Labute approximate surface area is 127 Å². The first-order chi connectivity index (χ1) is 10.2. The van der Waals surface area contributed by atoms with Crippen molar-refractivity contribution in [3.8, 4) is 11.1 Å². The number of hydrogen-bond acceptors (Lipinski definition) is 2. The summed E-state index contributed by atoms with van der Waals surface area (Å²) >= 11 is 0. The van der Waals surface area contributed by atoms with Crippen molar-refractivity contribution in [2.45, 2.75) is 25.9 Å². The monoisotopic (exact) mass is 280 g/mol. The molecule has 0 aromatic heterocycles. The molecule has 1 saturated heterocycles. The Balaban J connectivity index is 1.65. The lowest BCUT2D eigenvalue weighted by atomic mass is 9.94. The summed E-state index contributed by atoms with van der Waals surface area (Å²) < 4.78 is 0. The molecule has 1 aliphatic rings. The number of likely N-dealkylation sites (tertiary alicyclic amines) is 1. The van der Waals surface area contributed by atoms with E-state index in [0.29, 0.717) is 12.0 Å². The molecule has 0 radical (unpaired) electrons. The van der Waals surface area contributed by atoms with Crippen LogP contribution < -0.4 is 5.73 Å². The third kappa shape index (κ3) is 3.52. The topological polar surface area (TPSA) is 29.3 Å². The Kier molecular flexibility index (Phi) is 4.37. The van der Waals surface area contributed by atoms with Crippen LogP contribution in [0.4, 0.5) is 0 Å². The largest absolute Gasteiger partial charge is 0.326 e. The summed E-state index contributed by atoms with van der Waals surface area (Å²) in [5.41, 5.74) is 10.1. The van der Waals surface area contributed by atoms with Gasteiger partial charge in [-0.2, -0.15) is 0 Å². The number of nitrogens with two attached hydrogens (primary N) is 1. The van der Waals surface area contributed by atoms with Gasteiger partial charge in [-0.05, 0) is 35.6 Å². The van der Waals surface area contributed by atoms with Crippen molar-refractivity contribution in [2.24, 2.45) is 11.7 Å². The van der Waals surface area contributed by atoms with E-state index in [2.05, 4.69) is 66.4 Å². The molecule has 2 aromatic rings. The zero-order valence-corrected chi connectivity index (χ0v) is 12.7. The maximum atomic E-state index is 6.18. The van der Waals surface area contributed by atoms with Gasteiger partial charge in [-0.1, -0.05) is 61.5 Å². The van der Waals surface area contributed by atoms with Gasteiger partial charge >= 0.3 is 0 Å². The summed E-state index contributed by atoms with van der Waals surface area (Å²) in [5, 5.41) is 0. The van der Waals surface area contributed by atoms with Gasteiger partial charge in [0.25, 0.3) is 0 Å². The molecular formula is C19H24N2. The molecule has 110 valence electrons. The van der Waals surface area contributed by atoms with Crippen LogP contribution in [-0.4, -0.2) is 24.0 Å². The second-order valence-corrected chi connectivity index (χ2v) is 6.23. The zero-order chi connectivity index (χ0) is 14.7. The van der Waals surface area contributed by atoms with Gasteiger partial charge in [0, 0.05) is 19.1 Å². The van der Waals surface area contributed by atoms with Crippen molar-refractivity contribution in [1.29, 1.82) is 0 Å². The van der Waals surface area contributed by atoms with E-state index in [1.165, 1.54) is 23.1 Å². The molecule has 0 bridgehead atoms. The predicted molar refractivity (Wildman–Crippen MR) is 88.9 cm³/mol. The average molecular weight is 280 g/mol. The zero-order valence-electron chi connectivity index (χ0n) is 12.7. The van der Waals surface area contributed by atoms with Crippen molar-refractivity contribution < 1.29 is 0 Å². The van der Waals surface area contributed by atoms with Gasteiger partial charge in [-0.25, -0.2) is 0 Å². The highest BCUT2D eigenvalue weighted by molar-refractivity contribution is 5.63. The maximum absolute atomic E-state index is 6.18. The van der Waals surface area contributed by atoms with Gasteiger partial charge in [0.1, 0.15) is 0 Å². The summed E-state index contributed by atoms with van der Waals surface area (Å²) in [6.45, 7) is 5.45. The Hall–Kier alpha value is -1.64. The lowest BCUT2D eigenvalue weighted by Crippen LogP contribution is -2.47. The third-order valence-electron chi connectivity index (χ3n) is 4.57. The summed E-state index contributed by atoms with van der Waals surface area (Å²) in [5.74, 6) is 0.654. The van der Waals surface area contributed by atoms with E-state index in [4.69, 9.17) is 5.73 Å². The minimum absolute atomic E-state index is 0.322. The van der Waals surface area contributed by atoms with E-state index in [-0.39, 0.29) is 0 Å². The minimum Gasteiger partial charge on any atom is -0.326 e. The van der Waals surface area contributed by atoms with Crippen LogP contribution in [0, 0.1) is 5.92 Å². The van der Waals surface area contributed by atoms with E-state index in [1.54, 1.807) is 0 Å². The Morgan fingerprint density at radius 3 is 2.33 bits per heavy atom. The molecular weight excluding hydrogens is 256 g/mol. The molecule has 2 aromatic carbocycles. The molecule has 2 nitrogen and oxygen atoms in total. The van der Waals surface area contributed by atoms with E-state index in [9.17, 15) is 0 Å². The first kappa shape index (κ1) is 14.3. The van der Waals surface area contributed by atoms with Crippen LogP contribution in [0.2, 0.25) is 0 Å². The Morgan fingerprint density at radius 1 is 1.00 bits per heavy atom. The molecule has 2 unspecified atom stereocenters. The quantitative estimate of drug-likeness (QED) is 0.932. The van der Waals surface area contributed by atoms with Crippen LogP contribution in [0.5, 0.6) is 0 Å². The van der Waals surface area contributed by atoms with Crippen molar-refractivity contribution in [1.82, 2.24) is 4.90 Å². The van der Waals surface area contributed by atoms with E-state index in [1.807, 2.05) is 0 Å². The highest BCUT2D eigenvalue weighted by Crippen LogP contribution is 2.21. The summed E-state index contributed by atoms with van der Waals surface area (Å²) in [6, 6.07) is 19.8. The first-order valence-electron chi connectivity index (χ1n) is 7.84. The predicted octanol–water partition coefficient (Wildman–Crippen LogP) is 3.52. The van der Waals surface area contributed by atoms with E-state index >= 15 is 0 Å². The molecule has 0 aliphatic carbocycles. The molecule has 0 amide bonds. The minimum atomic E-state index is 0.322. The van der Waals surface area contributed by atoms with Gasteiger partial charge in [0.05, 0.1) is 0 Å². The fourth-order valence-electron chi connectivity index (χ4n) is 3.00. The van der Waals surface area contributed by atoms with Crippen LogP contribution in [-0.2, 0) is 6.54 Å². The summed E-state index contributed by atoms with van der Waals surface area (Å²) in [7, 11) is 0. The molecule has 0 saturated carbocycles. The Bertz CT molecular complexity index is 562. The SMILES string of the molecule is CC1CCN(Cc2ccc(-c3ccccc3)cc2)CC1N. The number of rotatable bonds is 3. The lowest BCUT2D eigenvalue weighted by Gasteiger charge is -2.35. The van der Waals surface area contributed by atoms with Crippen molar-refractivity contribution in [3.05, 3.63) is 60.2 Å². The molecule has 1 heterocycles. The van der Waals surface area contributed by atoms with Gasteiger partial charge in [-0.15, -0.1) is 0 Å². The van der Waals surface area contributed by atoms with E-state index in [0.717, 1.165) is 19.6 Å². The Morgan fingerprint density at radius 2 is 1.67 bits per heavy atom. The smallest absolute Gasteiger partial charge is 0.0234 e. The summed E-state index contributed by atoms with van der Waals surface area (Å²) in [6.07, 6.45) is 1.21. The molecule has 1 aliphatic heterocycles. The molecule has 3 rings (SSSR count). The van der Waals surface area contributed by atoms with Crippen LogP contribution in [0.25, 0.3) is 11.1 Å². The van der Waals surface area contributed by atoms with Crippen molar-refractivity contribution in [3.63, 3.8) is 0 Å². The lowest BCUT2D eigenvalue weighted by molar-refractivity contribution is 0.162. The van der Waals surface area contributed by atoms with Crippen LogP contribution in [0.15, 0.2) is 54.6 Å². The second kappa shape index (κ2) is 6.42. The molecule has 21 heavy (non-hydrogen) atoms. The van der Waals surface area contributed by atoms with Gasteiger partial charge < -0.3 is 5.73 Å². The fraction of sp³-hybridized carbons (Fsp3) is 0.368. The number of benzene rings is 2. The van der Waals surface area contributed by atoms with Crippen LogP contribution >= 0.6 is 0 Å². The molecule has 2 atom stereocenters. The molecule has 2 N–H and O–H groups in total. The highest BCUT2D eigenvalue weighted by Gasteiger charge is 2.22. The molecule has 2 heteroatoms. The number of nitrogens with zero attached hydrogens (tertiary/aromatic N) is 1. The first-order valence-corrected chi connectivity index (χ1v) is 7.84. The van der Waals surface area contributed by atoms with Gasteiger partial charge in [0.15, 0.2) is 0 Å². The van der Waals surface area contributed by atoms with Crippen molar-refractivity contribution in [2.75, 3.05) is 13.1 Å². The number of hydrogen-bond donors (Lipinski definition) is 1.